The van der Waals surface area contributed by atoms with Crippen molar-refractivity contribution in [1.29, 1.82) is 0 Å². The molecule has 2 aromatic carbocycles. The normalized spacial score (nSPS) is 19.9. The topological polar surface area (TPSA) is 91.4 Å². The molecular weight excluding hydrogens is 404 g/mol. The van der Waals surface area contributed by atoms with Gasteiger partial charge in [0, 0.05) is 23.2 Å². The van der Waals surface area contributed by atoms with Gasteiger partial charge in [0.25, 0.3) is 11.8 Å². The van der Waals surface area contributed by atoms with Gasteiger partial charge in [-0.05, 0) is 61.6 Å². The highest BCUT2D eigenvalue weighted by molar-refractivity contribution is 6.07. The Bertz CT molecular complexity index is 1290. The number of hydrogen-bond donors (Lipinski definition) is 2. The van der Waals surface area contributed by atoms with Crippen LogP contribution in [-0.4, -0.2) is 39.8 Å². The number of amides is 4. The second-order valence-electron chi connectivity index (χ2n) is 8.83. The Kier molecular flexibility index (Phi) is 4.69. The molecule has 1 atom stereocenters. The van der Waals surface area contributed by atoms with E-state index in [1.54, 1.807) is 11.8 Å². The molecule has 1 fully saturated rings. The van der Waals surface area contributed by atoms with Gasteiger partial charge in [-0.1, -0.05) is 30.3 Å². The van der Waals surface area contributed by atoms with E-state index in [1.165, 1.54) is 5.56 Å². The molecule has 0 aliphatic carbocycles. The molecule has 2 aliphatic rings. The molecule has 32 heavy (non-hydrogen) atoms. The van der Waals surface area contributed by atoms with Crippen molar-refractivity contribution in [3.05, 3.63) is 76.5 Å². The van der Waals surface area contributed by atoms with Crippen LogP contribution in [0.4, 0.5) is 4.79 Å². The molecule has 1 aromatic heterocycles. The number of nitrogens with zero attached hydrogens (tertiary/aromatic N) is 2. The van der Waals surface area contributed by atoms with Crippen LogP contribution >= 0.6 is 0 Å². The number of para-hydroxylation sites is 1. The number of urea groups is 1. The number of imide groups is 1. The Labute approximate surface area is 185 Å². The third-order valence-electron chi connectivity index (χ3n) is 6.29. The highest BCUT2D eigenvalue weighted by Crippen LogP contribution is 2.27. The molecule has 162 valence electrons. The van der Waals surface area contributed by atoms with Crippen LogP contribution in [0.15, 0.2) is 48.5 Å². The van der Waals surface area contributed by atoms with Gasteiger partial charge in [0.15, 0.2) is 0 Å². The second-order valence-corrected chi connectivity index (χ2v) is 8.83. The van der Waals surface area contributed by atoms with Gasteiger partial charge in [-0.15, -0.1) is 0 Å². The van der Waals surface area contributed by atoms with Crippen LogP contribution in [0.1, 0.15) is 39.7 Å². The molecule has 0 radical (unpaired) electrons. The Hall–Kier alpha value is -3.74. The van der Waals surface area contributed by atoms with Crippen molar-refractivity contribution in [1.82, 2.24) is 20.5 Å². The maximum absolute atomic E-state index is 13.0. The molecule has 0 saturated carbocycles. The van der Waals surface area contributed by atoms with Crippen molar-refractivity contribution in [2.75, 3.05) is 6.54 Å². The van der Waals surface area contributed by atoms with Gasteiger partial charge < -0.3 is 10.2 Å². The summed E-state index contributed by atoms with van der Waals surface area (Å²) in [4.78, 5) is 42.9. The smallest absolute Gasteiger partial charge is 0.322 e. The van der Waals surface area contributed by atoms with Crippen LogP contribution < -0.4 is 10.6 Å². The van der Waals surface area contributed by atoms with E-state index in [9.17, 15) is 14.4 Å². The lowest BCUT2D eigenvalue weighted by molar-refractivity contribution is -0.123. The molecule has 0 spiro atoms. The highest BCUT2D eigenvalue weighted by Gasteiger charge is 2.45. The van der Waals surface area contributed by atoms with Crippen molar-refractivity contribution < 1.29 is 14.4 Å². The van der Waals surface area contributed by atoms with Crippen LogP contribution in [0.25, 0.3) is 10.9 Å². The maximum Gasteiger partial charge on any atom is 0.322 e. The number of carbonyl (C=O) groups excluding carboxylic acids is 3. The maximum atomic E-state index is 13.0. The lowest BCUT2D eigenvalue weighted by Gasteiger charge is -2.26. The van der Waals surface area contributed by atoms with Crippen LogP contribution in [0.2, 0.25) is 0 Å². The van der Waals surface area contributed by atoms with Crippen LogP contribution in [0.5, 0.6) is 0 Å². The predicted molar refractivity (Wildman–Crippen MR) is 120 cm³/mol. The van der Waals surface area contributed by atoms with Gasteiger partial charge >= 0.3 is 6.03 Å². The average molecular weight is 428 g/mol. The van der Waals surface area contributed by atoms with E-state index in [0.717, 1.165) is 40.6 Å². The van der Waals surface area contributed by atoms with E-state index in [1.807, 2.05) is 37.3 Å². The monoisotopic (exact) mass is 428 g/mol. The number of carbonyl (C=O) groups is 3. The number of rotatable bonds is 5. The first kappa shape index (κ1) is 20.2. The third-order valence-corrected chi connectivity index (χ3v) is 6.29. The standard InChI is InChI=1S/C25H24N4O3/c1-15-11-17(19-5-3-4-6-21(19)26-15)9-7-16-8-10-18-13-29(22(30)20(18)12-16)14-25(2)23(31)27-24(32)28-25/h3-6,8,10-12H,7,9,13-14H2,1-2H3,(H2,27,28,31,32). The number of pyridine rings is 1. The van der Waals surface area contributed by atoms with Gasteiger partial charge in [0.1, 0.15) is 5.54 Å². The molecule has 4 amide bonds. The molecule has 1 saturated heterocycles. The first-order valence-electron chi connectivity index (χ1n) is 10.7. The summed E-state index contributed by atoms with van der Waals surface area (Å²) in [5.41, 5.74) is 4.84. The van der Waals surface area contributed by atoms with Crippen molar-refractivity contribution in [2.24, 2.45) is 0 Å². The second kappa shape index (κ2) is 7.44. The minimum atomic E-state index is -1.11. The number of aryl methyl sites for hydroxylation is 3. The summed E-state index contributed by atoms with van der Waals surface area (Å²) >= 11 is 0. The number of nitrogens with one attached hydrogen (secondary N) is 2. The Morgan fingerprint density at radius 3 is 2.66 bits per heavy atom. The van der Waals surface area contributed by atoms with Gasteiger partial charge in [0.2, 0.25) is 0 Å². The molecule has 3 aromatic rings. The molecule has 7 heteroatoms. The Balaban J connectivity index is 1.33. The minimum absolute atomic E-state index is 0.109. The zero-order chi connectivity index (χ0) is 22.5. The van der Waals surface area contributed by atoms with Gasteiger partial charge in [-0.2, -0.15) is 0 Å². The summed E-state index contributed by atoms with van der Waals surface area (Å²) < 4.78 is 0. The van der Waals surface area contributed by atoms with Gasteiger partial charge in [-0.3, -0.25) is 19.9 Å². The van der Waals surface area contributed by atoms with E-state index in [4.69, 9.17) is 0 Å². The van der Waals surface area contributed by atoms with Crippen molar-refractivity contribution in [3.8, 4) is 0 Å². The SMILES string of the molecule is Cc1cc(CCc2ccc3c(c2)C(=O)N(CC2(C)NC(=O)NC2=O)C3)c2ccccc2n1. The van der Waals surface area contributed by atoms with E-state index < -0.39 is 17.5 Å². The summed E-state index contributed by atoms with van der Waals surface area (Å²) in [6.07, 6.45) is 1.66. The molecule has 3 heterocycles. The van der Waals surface area contributed by atoms with Gasteiger partial charge in [-0.25, -0.2) is 4.79 Å². The van der Waals surface area contributed by atoms with Crippen LogP contribution in [-0.2, 0) is 24.2 Å². The van der Waals surface area contributed by atoms with E-state index in [-0.39, 0.29) is 12.5 Å². The zero-order valence-corrected chi connectivity index (χ0v) is 18.1. The fourth-order valence-corrected chi connectivity index (χ4v) is 4.64. The Morgan fingerprint density at radius 1 is 1.06 bits per heavy atom. The fourth-order valence-electron chi connectivity index (χ4n) is 4.64. The predicted octanol–water partition coefficient (Wildman–Crippen LogP) is 2.88. The minimum Gasteiger partial charge on any atom is -0.331 e. The molecular formula is C25H24N4O3. The largest absolute Gasteiger partial charge is 0.331 e. The lowest BCUT2D eigenvalue weighted by atomic mass is 9.98. The molecule has 7 nitrogen and oxygen atoms in total. The fraction of sp³-hybridized carbons (Fsp3) is 0.280. The average Bonchev–Trinajstić information content (AvgIpc) is 3.20. The van der Waals surface area contributed by atoms with Crippen molar-refractivity contribution in [2.45, 2.75) is 38.8 Å². The number of fused-ring (bicyclic) bond motifs is 2. The van der Waals surface area contributed by atoms with E-state index in [2.05, 4.69) is 33.8 Å². The quantitative estimate of drug-likeness (QED) is 0.612. The van der Waals surface area contributed by atoms with Crippen molar-refractivity contribution in [3.63, 3.8) is 0 Å². The molecule has 0 bridgehead atoms. The van der Waals surface area contributed by atoms with E-state index >= 15 is 0 Å². The van der Waals surface area contributed by atoms with Gasteiger partial charge in [0.05, 0.1) is 12.1 Å². The molecule has 2 N–H and O–H groups in total. The molecule has 5 rings (SSSR count). The summed E-state index contributed by atoms with van der Waals surface area (Å²) in [7, 11) is 0. The first-order valence-corrected chi connectivity index (χ1v) is 10.7. The number of benzene rings is 2. The molecule has 2 aliphatic heterocycles. The Morgan fingerprint density at radius 2 is 1.88 bits per heavy atom. The summed E-state index contributed by atoms with van der Waals surface area (Å²) in [5, 5.41) is 6.03. The van der Waals surface area contributed by atoms with Crippen molar-refractivity contribution >= 4 is 28.7 Å². The van der Waals surface area contributed by atoms with Crippen LogP contribution in [0.3, 0.4) is 0 Å². The summed E-state index contributed by atoms with van der Waals surface area (Å²) in [5.74, 6) is -0.519. The van der Waals surface area contributed by atoms with E-state index in [0.29, 0.717) is 12.1 Å². The molecule has 1 unspecified atom stereocenters. The first-order chi connectivity index (χ1) is 15.3. The summed E-state index contributed by atoms with van der Waals surface area (Å²) in [6.45, 7) is 4.21. The number of hydrogen-bond acceptors (Lipinski definition) is 4. The highest BCUT2D eigenvalue weighted by atomic mass is 16.2. The summed E-state index contributed by atoms with van der Waals surface area (Å²) in [6, 6.07) is 15.8. The van der Waals surface area contributed by atoms with Crippen LogP contribution in [0, 0.1) is 6.92 Å². The third kappa shape index (κ3) is 3.49. The zero-order valence-electron chi connectivity index (χ0n) is 18.1. The lowest BCUT2D eigenvalue weighted by Crippen LogP contribution is -2.52. The number of aromatic nitrogens is 1.